The van der Waals surface area contributed by atoms with E-state index in [4.69, 9.17) is 35.4 Å². The number of benzene rings is 2. The molecule has 0 aliphatic carbocycles. The maximum absolute atomic E-state index is 13.0. The Balaban J connectivity index is 1.85. The summed E-state index contributed by atoms with van der Waals surface area (Å²) in [6.07, 6.45) is 0. The first-order chi connectivity index (χ1) is 13.3. The van der Waals surface area contributed by atoms with Crippen molar-refractivity contribution in [3.05, 3.63) is 68.4 Å². The molecule has 0 aliphatic rings. The number of aromatic amines is 1. The molecular formula is C20H20Cl2N4OS. The standard InChI is InChI=1S/C20H20Cl2N4OS/c1-12-5-4-6-14(9-12)19-23-24-20(28)26(19)11-18(27)25(3)13(2)16-8-7-15(21)10-17(16)22/h4-10,13H,11H2,1-3H3,(H,24,28)/t13-/m0/s1. The van der Waals surface area contributed by atoms with Crippen molar-refractivity contribution in [3.63, 3.8) is 0 Å². The zero-order chi connectivity index (χ0) is 20.4. The number of hydrogen-bond donors (Lipinski definition) is 1. The van der Waals surface area contributed by atoms with Crippen LogP contribution in [0.5, 0.6) is 0 Å². The molecule has 0 unspecified atom stereocenters. The number of rotatable bonds is 5. The fourth-order valence-corrected chi connectivity index (χ4v) is 3.74. The van der Waals surface area contributed by atoms with Crippen LogP contribution in [0.1, 0.15) is 24.1 Å². The summed E-state index contributed by atoms with van der Waals surface area (Å²) in [4.78, 5) is 14.6. The number of likely N-dealkylation sites (N-methyl/N-ethyl adjacent to an activating group) is 1. The zero-order valence-corrected chi connectivity index (χ0v) is 18.1. The number of H-pyrrole nitrogens is 1. The summed E-state index contributed by atoms with van der Waals surface area (Å²) in [5, 5.41) is 8.18. The number of nitrogens with one attached hydrogen (secondary N) is 1. The second-order valence-corrected chi connectivity index (χ2v) is 7.88. The molecule has 0 bridgehead atoms. The minimum atomic E-state index is -0.222. The van der Waals surface area contributed by atoms with Crippen LogP contribution in [0.2, 0.25) is 10.0 Å². The number of carbonyl (C=O) groups is 1. The largest absolute Gasteiger partial charge is 0.337 e. The van der Waals surface area contributed by atoms with Crippen molar-refractivity contribution in [1.82, 2.24) is 19.7 Å². The lowest BCUT2D eigenvalue weighted by molar-refractivity contribution is -0.132. The monoisotopic (exact) mass is 434 g/mol. The Bertz CT molecular complexity index is 1080. The second-order valence-electron chi connectivity index (χ2n) is 6.65. The van der Waals surface area contributed by atoms with Crippen LogP contribution in [0.15, 0.2) is 42.5 Å². The predicted molar refractivity (Wildman–Crippen MR) is 115 cm³/mol. The van der Waals surface area contributed by atoms with Crippen LogP contribution in [0.3, 0.4) is 0 Å². The van der Waals surface area contributed by atoms with E-state index in [0.717, 1.165) is 16.7 Å². The summed E-state index contributed by atoms with van der Waals surface area (Å²) < 4.78 is 2.11. The number of nitrogens with zero attached hydrogens (tertiary/aromatic N) is 3. The first kappa shape index (κ1) is 20.6. The molecule has 3 rings (SSSR count). The minimum absolute atomic E-state index is 0.0741. The smallest absolute Gasteiger partial charge is 0.242 e. The van der Waals surface area contributed by atoms with Crippen molar-refractivity contribution >= 4 is 41.3 Å². The highest BCUT2D eigenvalue weighted by Gasteiger charge is 2.21. The number of hydrogen-bond acceptors (Lipinski definition) is 3. The summed E-state index contributed by atoms with van der Waals surface area (Å²) >= 11 is 17.6. The maximum atomic E-state index is 13.0. The zero-order valence-electron chi connectivity index (χ0n) is 15.7. The molecule has 1 heterocycles. The Hall–Kier alpha value is -2.15. The van der Waals surface area contributed by atoms with Crippen LogP contribution in [0.25, 0.3) is 11.4 Å². The fraction of sp³-hybridized carbons (Fsp3) is 0.250. The fourth-order valence-electron chi connectivity index (χ4n) is 2.98. The molecule has 0 saturated heterocycles. The van der Waals surface area contributed by atoms with Gasteiger partial charge in [-0.15, -0.1) is 0 Å². The van der Waals surface area contributed by atoms with Crippen LogP contribution in [-0.2, 0) is 11.3 Å². The maximum Gasteiger partial charge on any atom is 0.242 e. The molecule has 0 saturated carbocycles. The van der Waals surface area contributed by atoms with Crippen LogP contribution >= 0.6 is 35.4 Å². The molecule has 146 valence electrons. The minimum Gasteiger partial charge on any atom is -0.337 e. The van der Waals surface area contributed by atoms with Gasteiger partial charge in [0, 0.05) is 22.7 Å². The molecule has 8 heteroatoms. The average molecular weight is 435 g/mol. The van der Waals surface area contributed by atoms with Crippen LogP contribution < -0.4 is 0 Å². The molecule has 28 heavy (non-hydrogen) atoms. The normalized spacial score (nSPS) is 12.0. The van der Waals surface area contributed by atoms with E-state index in [9.17, 15) is 4.79 Å². The topological polar surface area (TPSA) is 53.9 Å². The lowest BCUT2D eigenvalue weighted by atomic mass is 10.1. The lowest BCUT2D eigenvalue weighted by Crippen LogP contribution is -2.33. The van der Waals surface area contributed by atoms with Gasteiger partial charge in [0.25, 0.3) is 0 Å². The summed E-state index contributed by atoms with van der Waals surface area (Å²) in [5.74, 6) is 0.526. The quantitative estimate of drug-likeness (QED) is 0.543. The Kier molecular flexibility index (Phi) is 6.23. The first-order valence-corrected chi connectivity index (χ1v) is 9.87. The highest BCUT2D eigenvalue weighted by atomic mass is 35.5. The van der Waals surface area contributed by atoms with Gasteiger partial charge in [0.2, 0.25) is 5.91 Å². The Morgan fingerprint density at radius 3 is 2.71 bits per heavy atom. The van der Waals surface area contributed by atoms with Gasteiger partial charge >= 0.3 is 0 Å². The Morgan fingerprint density at radius 1 is 1.29 bits per heavy atom. The van der Waals surface area contributed by atoms with Crippen molar-refractivity contribution in [1.29, 1.82) is 0 Å². The van der Waals surface area contributed by atoms with E-state index in [-0.39, 0.29) is 18.5 Å². The van der Waals surface area contributed by atoms with Crippen molar-refractivity contribution in [2.75, 3.05) is 7.05 Å². The van der Waals surface area contributed by atoms with E-state index in [1.165, 1.54) is 0 Å². The predicted octanol–water partition coefficient (Wildman–Crippen LogP) is 5.44. The van der Waals surface area contributed by atoms with Crippen LogP contribution in [-0.4, -0.2) is 32.6 Å². The molecule has 1 amide bonds. The van der Waals surface area contributed by atoms with E-state index < -0.39 is 0 Å². The third-order valence-corrected chi connectivity index (χ3v) is 5.59. The van der Waals surface area contributed by atoms with Gasteiger partial charge in [0.1, 0.15) is 6.54 Å². The van der Waals surface area contributed by atoms with Crippen molar-refractivity contribution in [3.8, 4) is 11.4 Å². The molecule has 5 nitrogen and oxygen atoms in total. The number of carbonyl (C=O) groups excluding carboxylic acids is 1. The van der Waals surface area contributed by atoms with Gasteiger partial charge in [-0.05, 0) is 49.8 Å². The third kappa shape index (κ3) is 4.29. The third-order valence-electron chi connectivity index (χ3n) is 4.71. The molecule has 1 N–H and O–H groups in total. The van der Waals surface area contributed by atoms with Crippen molar-refractivity contribution < 1.29 is 4.79 Å². The SMILES string of the molecule is Cc1cccc(-c2n[nH]c(=S)n2CC(=O)N(C)[C@@H](C)c2ccc(Cl)cc2Cl)c1. The van der Waals surface area contributed by atoms with E-state index in [2.05, 4.69) is 10.2 Å². The Morgan fingerprint density at radius 2 is 2.04 bits per heavy atom. The van der Waals surface area contributed by atoms with Gasteiger partial charge in [0.15, 0.2) is 10.6 Å². The van der Waals surface area contributed by atoms with Gasteiger partial charge in [0.05, 0.1) is 6.04 Å². The van der Waals surface area contributed by atoms with Crippen molar-refractivity contribution in [2.45, 2.75) is 26.4 Å². The van der Waals surface area contributed by atoms with Gasteiger partial charge in [-0.1, -0.05) is 53.0 Å². The molecular weight excluding hydrogens is 415 g/mol. The number of aromatic nitrogens is 3. The molecule has 0 fully saturated rings. The van der Waals surface area contributed by atoms with E-state index in [1.807, 2.05) is 44.2 Å². The van der Waals surface area contributed by atoms with Crippen molar-refractivity contribution in [2.24, 2.45) is 0 Å². The lowest BCUT2D eigenvalue weighted by Gasteiger charge is -2.26. The molecule has 3 aromatic rings. The van der Waals surface area contributed by atoms with Gasteiger partial charge in [-0.25, -0.2) is 0 Å². The summed E-state index contributed by atoms with van der Waals surface area (Å²) in [6, 6.07) is 13.0. The highest BCUT2D eigenvalue weighted by Crippen LogP contribution is 2.29. The summed E-state index contributed by atoms with van der Waals surface area (Å²) in [7, 11) is 1.74. The summed E-state index contributed by atoms with van der Waals surface area (Å²) in [5.41, 5.74) is 2.83. The van der Waals surface area contributed by atoms with Crippen LogP contribution in [0.4, 0.5) is 0 Å². The molecule has 1 aromatic heterocycles. The van der Waals surface area contributed by atoms with E-state index in [1.54, 1.807) is 28.6 Å². The molecule has 0 radical (unpaired) electrons. The first-order valence-electron chi connectivity index (χ1n) is 8.70. The van der Waals surface area contributed by atoms with E-state index >= 15 is 0 Å². The average Bonchev–Trinajstić information content (AvgIpc) is 3.01. The molecule has 2 aromatic carbocycles. The van der Waals surface area contributed by atoms with E-state index in [0.29, 0.717) is 20.6 Å². The number of halogens is 2. The number of aryl methyl sites for hydroxylation is 1. The molecule has 0 aliphatic heterocycles. The highest BCUT2D eigenvalue weighted by molar-refractivity contribution is 7.71. The number of amides is 1. The second kappa shape index (κ2) is 8.47. The van der Waals surface area contributed by atoms with Crippen LogP contribution in [0, 0.1) is 11.7 Å². The van der Waals surface area contributed by atoms with Gasteiger partial charge in [-0.2, -0.15) is 5.10 Å². The summed E-state index contributed by atoms with van der Waals surface area (Å²) in [6.45, 7) is 4.00. The van der Waals surface area contributed by atoms with Gasteiger partial charge in [-0.3, -0.25) is 14.5 Å². The molecule has 1 atom stereocenters. The van der Waals surface area contributed by atoms with Gasteiger partial charge < -0.3 is 4.90 Å². The molecule has 0 spiro atoms. The Labute approximate surface area is 178 Å².